The summed E-state index contributed by atoms with van der Waals surface area (Å²) < 4.78 is 5.59. The van der Waals surface area contributed by atoms with Gasteiger partial charge in [-0.1, -0.05) is 26.8 Å². The van der Waals surface area contributed by atoms with Crippen molar-refractivity contribution in [1.82, 2.24) is 5.32 Å². The summed E-state index contributed by atoms with van der Waals surface area (Å²) in [6.45, 7) is 10.8. The molecule has 0 saturated heterocycles. The van der Waals surface area contributed by atoms with Crippen molar-refractivity contribution >= 4 is 5.91 Å². The third-order valence-electron chi connectivity index (χ3n) is 2.82. The number of benzene rings is 1. The molecule has 100 valence electrons. The SMILES string of the molecule is Cc1ccc(OCCNC(=O)C(C)(C)C)cc1C. The molecule has 0 aliphatic rings. The second-order valence-corrected chi connectivity index (χ2v) is 5.60. The number of carbonyl (C=O) groups is 1. The molecule has 3 heteroatoms. The van der Waals surface area contributed by atoms with Crippen molar-refractivity contribution in [2.24, 2.45) is 5.41 Å². The molecule has 0 aliphatic carbocycles. The third-order valence-corrected chi connectivity index (χ3v) is 2.82. The van der Waals surface area contributed by atoms with Crippen LogP contribution in [-0.4, -0.2) is 19.1 Å². The number of rotatable bonds is 4. The van der Waals surface area contributed by atoms with E-state index < -0.39 is 0 Å². The maximum absolute atomic E-state index is 11.6. The van der Waals surface area contributed by atoms with E-state index in [1.54, 1.807) is 0 Å². The van der Waals surface area contributed by atoms with Crippen molar-refractivity contribution in [3.8, 4) is 5.75 Å². The maximum Gasteiger partial charge on any atom is 0.225 e. The lowest BCUT2D eigenvalue weighted by Gasteiger charge is -2.17. The second-order valence-electron chi connectivity index (χ2n) is 5.60. The van der Waals surface area contributed by atoms with Crippen LogP contribution < -0.4 is 10.1 Å². The number of hydrogen-bond donors (Lipinski definition) is 1. The Labute approximate surface area is 110 Å². The molecule has 18 heavy (non-hydrogen) atoms. The van der Waals surface area contributed by atoms with E-state index in [1.165, 1.54) is 11.1 Å². The largest absolute Gasteiger partial charge is 0.492 e. The summed E-state index contributed by atoms with van der Waals surface area (Å²) in [7, 11) is 0. The fourth-order valence-corrected chi connectivity index (χ4v) is 1.40. The first-order valence-electron chi connectivity index (χ1n) is 6.29. The van der Waals surface area contributed by atoms with E-state index in [2.05, 4.69) is 19.2 Å². The lowest BCUT2D eigenvalue weighted by molar-refractivity contribution is -0.128. The number of amides is 1. The average Bonchev–Trinajstić information content (AvgIpc) is 2.27. The van der Waals surface area contributed by atoms with Crippen LogP contribution in [0.5, 0.6) is 5.75 Å². The molecule has 0 spiro atoms. The van der Waals surface area contributed by atoms with E-state index in [1.807, 2.05) is 39.0 Å². The predicted octanol–water partition coefficient (Wildman–Crippen LogP) is 2.84. The fraction of sp³-hybridized carbons (Fsp3) is 0.533. The number of aryl methyl sites for hydroxylation is 2. The molecule has 0 aromatic heterocycles. The minimum Gasteiger partial charge on any atom is -0.492 e. The molecule has 0 aliphatic heterocycles. The Morgan fingerprint density at radius 1 is 1.22 bits per heavy atom. The van der Waals surface area contributed by atoms with Crippen LogP contribution in [0.4, 0.5) is 0 Å². The molecule has 0 unspecified atom stereocenters. The van der Waals surface area contributed by atoms with E-state index in [-0.39, 0.29) is 11.3 Å². The molecule has 1 aromatic rings. The first-order valence-corrected chi connectivity index (χ1v) is 6.29. The van der Waals surface area contributed by atoms with Gasteiger partial charge in [0.15, 0.2) is 0 Å². The van der Waals surface area contributed by atoms with Gasteiger partial charge in [-0.05, 0) is 37.1 Å². The highest BCUT2D eigenvalue weighted by atomic mass is 16.5. The molecule has 0 bridgehead atoms. The molecule has 1 aromatic carbocycles. The highest BCUT2D eigenvalue weighted by molar-refractivity contribution is 5.81. The van der Waals surface area contributed by atoms with E-state index in [9.17, 15) is 4.79 Å². The van der Waals surface area contributed by atoms with Crippen LogP contribution in [0.3, 0.4) is 0 Å². The van der Waals surface area contributed by atoms with Crippen molar-refractivity contribution in [3.05, 3.63) is 29.3 Å². The van der Waals surface area contributed by atoms with E-state index >= 15 is 0 Å². The zero-order valence-corrected chi connectivity index (χ0v) is 12.0. The topological polar surface area (TPSA) is 38.3 Å². The van der Waals surface area contributed by atoms with Crippen LogP contribution in [0.25, 0.3) is 0 Å². The van der Waals surface area contributed by atoms with Crippen molar-refractivity contribution in [2.75, 3.05) is 13.2 Å². The summed E-state index contributed by atoms with van der Waals surface area (Å²) in [6.07, 6.45) is 0. The van der Waals surface area contributed by atoms with Crippen LogP contribution >= 0.6 is 0 Å². The van der Waals surface area contributed by atoms with Gasteiger partial charge in [-0.3, -0.25) is 4.79 Å². The molecule has 3 nitrogen and oxygen atoms in total. The summed E-state index contributed by atoms with van der Waals surface area (Å²) >= 11 is 0. The van der Waals surface area contributed by atoms with E-state index in [4.69, 9.17) is 4.74 Å². The van der Waals surface area contributed by atoms with Gasteiger partial charge in [0.2, 0.25) is 5.91 Å². The quantitative estimate of drug-likeness (QED) is 0.833. The highest BCUT2D eigenvalue weighted by Gasteiger charge is 2.20. The molecule has 0 heterocycles. The van der Waals surface area contributed by atoms with Crippen LogP contribution in [0, 0.1) is 19.3 Å². The minimum atomic E-state index is -0.347. The van der Waals surface area contributed by atoms with Crippen LogP contribution in [0.1, 0.15) is 31.9 Å². The zero-order valence-electron chi connectivity index (χ0n) is 12.0. The molecule has 1 amide bonds. The van der Waals surface area contributed by atoms with Gasteiger partial charge in [0, 0.05) is 5.41 Å². The summed E-state index contributed by atoms with van der Waals surface area (Å²) in [5.74, 6) is 0.897. The lowest BCUT2D eigenvalue weighted by Crippen LogP contribution is -2.37. The number of carbonyl (C=O) groups excluding carboxylic acids is 1. The van der Waals surface area contributed by atoms with Gasteiger partial charge in [0.05, 0.1) is 6.54 Å². The Kier molecular flexibility index (Phi) is 4.76. The van der Waals surface area contributed by atoms with Gasteiger partial charge < -0.3 is 10.1 Å². The molecule has 0 fully saturated rings. The van der Waals surface area contributed by atoms with E-state index in [0.29, 0.717) is 13.2 Å². The third kappa shape index (κ3) is 4.40. The van der Waals surface area contributed by atoms with Gasteiger partial charge in [0.1, 0.15) is 12.4 Å². The Bertz CT molecular complexity index is 419. The first-order chi connectivity index (χ1) is 8.30. The Morgan fingerprint density at radius 3 is 2.44 bits per heavy atom. The van der Waals surface area contributed by atoms with Gasteiger partial charge in [0.25, 0.3) is 0 Å². The Balaban J connectivity index is 2.34. The number of ether oxygens (including phenoxy) is 1. The van der Waals surface area contributed by atoms with Crippen molar-refractivity contribution in [3.63, 3.8) is 0 Å². The molecule has 0 atom stereocenters. The van der Waals surface area contributed by atoms with E-state index in [0.717, 1.165) is 5.75 Å². The number of nitrogens with one attached hydrogen (secondary N) is 1. The van der Waals surface area contributed by atoms with Gasteiger partial charge in [-0.25, -0.2) is 0 Å². The molecule has 1 rings (SSSR count). The minimum absolute atomic E-state index is 0.0474. The summed E-state index contributed by atoms with van der Waals surface area (Å²) in [6, 6.07) is 6.01. The van der Waals surface area contributed by atoms with Crippen LogP contribution in [-0.2, 0) is 4.79 Å². The maximum atomic E-state index is 11.6. The zero-order chi connectivity index (χ0) is 13.8. The molecular weight excluding hydrogens is 226 g/mol. The van der Waals surface area contributed by atoms with Gasteiger partial charge in [-0.2, -0.15) is 0 Å². The number of hydrogen-bond acceptors (Lipinski definition) is 2. The second kappa shape index (κ2) is 5.89. The molecule has 0 saturated carbocycles. The highest BCUT2D eigenvalue weighted by Crippen LogP contribution is 2.16. The lowest BCUT2D eigenvalue weighted by atomic mass is 9.96. The fourth-order valence-electron chi connectivity index (χ4n) is 1.40. The van der Waals surface area contributed by atoms with Gasteiger partial charge in [-0.15, -0.1) is 0 Å². The molecule has 0 radical (unpaired) electrons. The monoisotopic (exact) mass is 249 g/mol. The van der Waals surface area contributed by atoms with Crippen molar-refractivity contribution in [1.29, 1.82) is 0 Å². The normalized spacial score (nSPS) is 11.2. The predicted molar refractivity (Wildman–Crippen MR) is 73.9 cm³/mol. The molecular formula is C15H23NO2. The summed E-state index contributed by atoms with van der Waals surface area (Å²) in [5.41, 5.74) is 2.12. The van der Waals surface area contributed by atoms with Crippen LogP contribution in [0.2, 0.25) is 0 Å². The van der Waals surface area contributed by atoms with Crippen LogP contribution in [0.15, 0.2) is 18.2 Å². The van der Waals surface area contributed by atoms with Gasteiger partial charge >= 0.3 is 0 Å². The molecule has 1 N–H and O–H groups in total. The average molecular weight is 249 g/mol. The Morgan fingerprint density at radius 2 is 1.89 bits per heavy atom. The Hall–Kier alpha value is -1.51. The smallest absolute Gasteiger partial charge is 0.225 e. The van der Waals surface area contributed by atoms with Crippen molar-refractivity contribution < 1.29 is 9.53 Å². The summed E-state index contributed by atoms with van der Waals surface area (Å²) in [5, 5.41) is 2.85. The summed E-state index contributed by atoms with van der Waals surface area (Å²) in [4.78, 5) is 11.6. The van der Waals surface area contributed by atoms with Crippen molar-refractivity contribution in [2.45, 2.75) is 34.6 Å². The standard InChI is InChI=1S/C15H23NO2/c1-11-6-7-13(10-12(11)2)18-9-8-16-14(17)15(3,4)5/h6-7,10H,8-9H2,1-5H3,(H,16,17). The first kappa shape index (κ1) is 14.6.